The van der Waals surface area contributed by atoms with Gasteiger partial charge in [0.05, 0.1) is 19.3 Å². The van der Waals surface area contributed by atoms with Crippen LogP contribution >= 0.6 is 0 Å². The summed E-state index contributed by atoms with van der Waals surface area (Å²) in [5.41, 5.74) is 13.0. The number of ether oxygens (including phenoxy) is 1. The fraction of sp³-hybridized carbons (Fsp3) is 0.500. The molecule has 0 fully saturated rings. The van der Waals surface area contributed by atoms with Gasteiger partial charge in [-0.15, -0.1) is 0 Å². The van der Waals surface area contributed by atoms with Crippen LogP contribution in [0.2, 0.25) is 0 Å². The van der Waals surface area contributed by atoms with Crippen molar-refractivity contribution in [1.82, 2.24) is 9.55 Å². The molecule has 0 amide bonds. The number of nitrogen functional groups attached to an aromatic ring is 1. The Kier molecular flexibility index (Phi) is 4.95. The lowest BCUT2D eigenvalue weighted by atomic mass is 10.4. The van der Waals surface area contributed by atoms with Gasteiger partial charge in [-0.1, -0.05) is 5.11 Å². The molecule has 1 unspecified atom stereocenters. The van der Waals surface area contributed by atoms with Crippen LogP contribution in [-0.2, 0) is 11.5 Å². The Bertz CT molecular complexity index is 467. The van der Waals surface area contributed by atoms with E-state index in [9.17, 15) is 4.79 Å². The number of aliphatic hydroxyl groups excluding tert-OH is 1. The largest absolute Gasteiger partial charge is 0.396 e. The monoisotopic (exact) mass is 240 g/mol. The second kappa shape index (κ2) is 6.48. The molecule has 1 aromatic heterocycles. The third-order valence-corrected chi connectivity index (χ3v) is 1.86. The highest BCUT2D eigenvalue weighted by Crippen LogP contribution is 1.94. The molecule has 17 heavy (non-hydrogen) atoms. The summed E-state index contributed by atoms with van der Waals surface area (Å²) in [7, 11) is 0. The molecule has 3 N–H and O–H groups in total. The molecule has 1 atom stereocenters. The van der Waals surface area contributed by atoms with Gasteiger partial charge in [0, 0.05) is 11.1 Å². The highest BCUT2D eigenvalue weighted by molar-refractivity contribution is 5.23. The van der Waals surface area contributed by atoms with E-state index in [-0.39, 0.29) is 25.8 Å². The molecule has 0 saturated heterocycles. The molecule has 0 aliphatic rings. The number of aromatic nitrogens is 2. The van der Waals surface area contributed by atoms with Crippen LogP contribution in [-0.4, -0.2) is 33.9 Å². The molecule has 9 heteroatoms. The molecule has 0 aliphatic heterocycles. The first-order valence-corrected chi connectivity index (χ1v) is 4.73. The van der Waals surface area contributed by atoms with Gasteiger partial charge in [-0.05, 0) is 11.6 Å². The minimum Gasteiger partial charge on any atom is -0.396 e. The van der Waals surface area contributed by atoms with Crippen LogP contribution in [0.1, 0.15) is 0 Å². The highest BCUT2D eigenvalue weighted by atomic mass is 16.5. The van der Waals surface area contributed by atoms with Crippen molar-refractivity contribution >= 4 is 5.82 Å². The van der Waals surface area contributed by atoms with Gasteiger partial charge in [0.1, 0.15) is 12.5 Å². The number of anilines is 1. The molecule has 0 spiro atoms. The van der Waals surface area contributed by atoms with Crippen LogP contribution in [0.4, 0.5) is 5.82 Å². The quantitative estimate of drug-likeness (QED) is 0.391. The van der Waals surface area contributed by atoms with Crippen molar-refractivity contribution in [2.45, 2.75) is 12.8 Å². The Labute approximate surface area is 96.1 Å². The molecule has 0 aliphatic carbocycles. The van der Waals surface area contributed by atoms with E-state index in [0.29, 0.717) is 0 Å². The molecule has 0 saturated carbocycles. The van der Waals surface area contributed by atoms with Crippen molar-refractivity contribution in [2.24, 2.45) is 5.11 Å². The maximum absolute atomic E-state index is 11.3. The summed E-state index contributed by atoms with van der Waals surface area (Å²) in [4.78, 5) is 17.3. The van der Waals surface area contributed by atoms with Gasteiger partial charge >= 0.3 is 5.69 Å². The van der Waals surface area contributed by atoms with E-state index in [0.717, 1.165) is 0 Å². The standard InChI is InChI=1S/C8H12N6O3/c9-7-1-2-14(8(16)11-7)5-17-4-6(3-15)12-13-10/h1-2,6,15H,3-5H2,(H2,9,11,16). The topological polar surface area (TPSA) is 139 Å². The predicted octanol–water partition coefficient (Wildman–Crippen LogP) is -0.529. The minimum absolute atomic E-state index is 0.0113. The van der Waals surface area contributed by atoms with Crippen LogP contribution in [0.25, 0.3) is 10.4 Å². The van der Waals surface area contributed by atoms with E-state index in [1.165, 1.54) is 16.8 Å². The first kappa shape index (κ1) is 13.0. The Morgan fingerprint density at radius 2 is 2.53 bits per heavy atom. The Morgan fingerprint density at radius 3 is 3.12 bits per heavy atom. The van der Waals surface area contributed by atoms with Gasteiger partial charge in [0.2, 0.25) is 0 Å². The number of nitrogens with zero attached hydrogens (tertiary/aromatic N) is 5. The van der Waals surface area contributed by atoms with E-state index >= 15 is 0 Å². The zero-order chi connectivity index (χ0) is 12.7. The summed E-state index contributed by atoms with van der Waals surface area (Å²) in [5.74, 6) is 0.133. The fourth-order valence-electron chi connectivity index (χ4n) is 1.02. The maximum Gasteiger partial charge on any atom is 0.351 e. The Morgan fingerprint density at radius 1 is 1.76 bits per heavy atom. The highest BCUT2D eigenvalue weighted by Gasteiger charge is 2.05. The number of hydrogen-bond acceptors (Lipinski definition) is 6. The molecular weight excluding hydrogens is 228 g/mol. The summed E-state index contributed by atoms with van der Waals surface area (Å²) in [6.07, 6.45) is 1.44. The SMILES string of the molecule is [N-]=[N+]=NC(CO)COCn1ccc(N)nc1=O. The van der Waals surface area contributed by atoms with Gasteiger partial charge in [-0.2, -0.15) is 4.98 Å². The normalized spacial score (nSPS) is 11.8. The first-order chi connectivity index (χ1) is 8.17. The van der Waals surface area contributed by atoms with Crippen molar-refractivity contribution in [3.63, 3.8) is 0 Å². The smallest absolute Gasteiger partial charge is 0.351 e. The summed E-state index contributed by atoms with van der Waals surface area (Å²) in [5, 5.41) is 12.1. The van der Waals surface area contributed by atoms with E-state index in [4.69, 9.17) is 21.1 Å². The third kappa shape index (κ3) is 4.11. The lowest BCUT2D eigenvalue weighted by Crippen LogP contribution is -2.26. The van der Waals surface area contributed by atoms with Crippen molar-refractivity contribution < 1.29 is 9.84 Å². The minimum atomic E-state index is -0.669. The predicted molar refractivity (Wildman–Crippen MR) is 58.9 cm³/mol. The van der Waals surface area contributed by atoms with Crippen LogP contribution in [0.15, 0.2) is 22.2 Å². The second-order valence-corrected chi connectivity index (χ2v) is 3.15. The van der Waals surface area contributed by atoms with Crippen LogP contribution in [0.5, 0.6) is 0 Å². The van der Waals surface area contributed by atoms with Crippen molar-refractivity contribution in [2.75, 3.05) is 18.9 Å². The lowest BCUT2D eigenvalue weighted by Gasteiger charge is -2.09. The van der Waals surface area contributed by atoms with Crippen molar-refractivity contribution in [1.29, 1.82) is 0 Å². The van der Waals surface area contributed by atoms with E-state index < -0.39 is 11.7 Å². The zero-order valence-electron chi connectivity index (χ0n) is 8.93. The Balaban J connectivity index is 2.50. The molecule has 0 radical (unpaired) electrons. The summed E-state index contributed by atoms with van der Waals surface area (Å²) >= 11 is 0. The zero-order valence-corrected chi connectivity index (χ0v) is 8.93. The fourth-order valence-corrected chi connectivity index (χ4v) is 1.02. The summed E-state index contributed by atoms with van der Waals surface area (Å²) < 4.78 is 6.30. The molecule has 1 heterocycles. The van der Waals surface area contributed by atoms with Gasteiger partial charge in [-0.25, -0.2) is 4.79 Å². The number of rotatable bonds is 6. The van der Waals surface area contributed by atoms with E-state index in [2.05, 4.69) is 15.0 Å². The molecule has 0 aromatic carbocycles. The van der Waals surface area contributed by atoms with Crippen molar-refractivity contribution in [3.8, 4) is 0 Å². The number of hydrogen-bond donors (Lipinski definition) is 2. The lowest BCUT2D eigenvalue weighted by molar-refractivity contribution is 0.0523. The molecular formula is C8H12N6O3. The molecule has 9 nitrogen and oxygen atoms in total. The third-order valence-electron chi connectivity index (χ3n) is 1.86. The average Bonchev–Trinajstić information content (AvgIpc) is 2.30. The van der Waals surface area contributed by atoms with Gasteiger partial charge in [0.15, 0.2) is 0 Å². The van der Waals surface area contributed by atoms with E-state index in [1.54, 1.807) is 0 Å². The number of azide groups is 1. The van der Waals surface area contributed by atoms with Crippen LogP contribution in [0.3, 0.4) is 0 Å². The molecule has 1 aromatic rings. The number of nitrogens with two attached hydrogens (primary N) is 1. The van der Waals surface area contributed by atoms with Gasteiger partial charge in [0.25, 0.3) is 0 Å². The average molecular weight is 240 g/mol. The van der Waals surface area contributed by atoms with Crippen molar-refractivity contribution in [3.05, 3.63) is 33.2 Å². The van der Waals surface area contributed by atoms with Gasteiger partial charge < -0.3 is 15.6 Å². The molecule has 1 rings (SSSR count). The molecule has 92 valence electrons. The second-order valence-electron chi connectivity index (χ2n) is 3.15. The summed E-state index contributed by atoms with van der Waals surface area (Å²) in [6, 6.07) is 0.791. The maximum atomic E-state index is 11.3. The molecule has 0 bridgehead atoms. The first-order valence-electron chi connectivity index (χ1n) is 4.73. The van der Waals surface area contributed by atoms with Crippen LogP contribution in [0, 0.1) is 0 Å². The summed E-state index contributed by atoms with van der Waals surface area (Å²) in [6.45, 7) is -0.361. The Hall–Kier alpha value is -2.09. The number of aliphatic hydroxyl groups is 1. The van der Waals surface area contributed by atoms with Gasteiger partial charge in [-0.3, -0.25) is 4.57 Å². The van der Waals surface area contributed by atoms with E-state index in [1.807, 2.05) is 0 Å². The van der Waals surface area contributed by atoms with Crippen LogP contribution < -0.4 is 11.4 Å².